The summed E-state index contributed by atoms with van der Waals surface area (Å²) >= 11 is 6.03. The second-order valence-corrected chi connectivity index (χ2v) is 5.55. The van der Waals surface area contributed by atoms with Crippen LogP contribution in [0.5, 0.6) is 5.75 Å². The van der Waals surface area contributed by atoms with Gasteiger partial charge in [-0.3, -0.25) is 4.79 Å². The van der Waals surface area contributed by atoms with Gasteiger partial charge in [-0.1, -0.05) is 11.6 Å². The fraction of sp³-hybridized carbons (Fsp3) is 0.125. The van der Waals surface area contributed by atoms with Gasteiger partial charge in [-0.05, 0) is 35.4 Å². The quantitative estimate of drug-likeness (QED) is 0.796. The van der Waals surface area contributed by atoms with Crippen molar-refractivity contribution < 1.29 is 27.1 Å². The number of benzene rings is 2. The Balaban J connectivity index is 2.23. The van der Waals surface area contributed by atoms with E-state index in [1.54, 1.807) is 6.07 Å². The molecule has 1 aliphatic rings. The molecule has 0 atom stereocenters. The summed E-state index contributed by atoms with van der Waals surface area (Å²) < 4.78 is 56.1. The van der Waals surface area contributed by atoms with Gasteiger partial charge in [-0.2, -0.15) is 5.26 Å². The molecule has 1 amide bonds. The van der Waals surface area contributed by atoms with Crippen LogP contribution in [-0.4, -0.2) is 12.3 Å². The van der Waals surface area contributed by atoms with E-state index in [2.05, 4.69) is 10.1 Å². The van der Waals surface area contributed by atoms with E-state index in [4.69, 9.17) is 16.9 Å². The number of nitrogens with one attached hydrogen (secondary N) is 1. The molecule has 0 saturated carbocycles. The van der Waals surface area contributed by atoms with Crippen LogP contribution in [0, 0.1) is 17.1 Å². The SMILES string of the molecule is N#Cc1ccc(OC(F)(F)F)c(-c2cc(F)c3c(c2)CC(=O)N3)c1Cl. The molecule has 2 aromatic carbocycles. The molecule has 1 aliphatic heterocycles. The van der Waals surface area contributed by atoms with Crippen LogP contribution in [0.15, 0.2) is 24.3 Å². The Morgan fingerprint density at radius 2 is 2.00 bits per heavy atom. The highest BCUT2D eigenvalue weighted by Crippen LogP contribution is 2.43. The van der Waals surface area contributed by atoms with E-state index < -0.39 is 23.8 Å². The van der Waals surface area contributed by atoms with Crippen molar-refractivity contribution in [2.24, 2.45) is 0 Å². The second kappa shape index (κ2) is 5.93. The molecule has 0 spiro atoms. The van der Waals surface area contributed by atoms with Gasteiger partial charge in [0.1, 0.15) is 17.6 Å². The Hall–Kier alpha value is -2.79. The molecule has 2 aromatic rings. The number of anilines is 1. The first kappa shape index (κ1) is 17.0. The molecule has 9 heteroatoms. The highest BCUT2D eigenvalue weighted by atomic mass is 35.5. The molecule has 0 unspecified atom stereocenters. The van der Waals surface area contributed by atoms with Crippen LogP contribution in [-0.2, 0) is 11.2 Å². The van der Waals surface area contributed by atoms with E-state index in [9.17, 15) is 22.4 Å². The fourth-order valence-electron chi connectivity index (χ4n) is 2.57. The third-order valence-corrected chi connectivity index (χ3v) is 3.92. The second-order valence-electron chi connectivity index (χ2n) is 5.18. The number of nitriles is 1. The zero-order valence-corrected chi connectivity index (χ0v) is 12.9. The minimum Gasteiger partial charge on any atom is -0.405 e. The van der Waals surface area contributed by atoms with Crippen molar-refractivity contribution in [2.45, 2.75) is 12.8 Å². The maximum Gasteiger partial charge on any atom is 0.573 e. The monoisotopic (exact) mass is 370 g/mol. The minimum absolute atomic E-state index is 0.0281. The summed E-state index contributed by atoms with van der Waals surface area (Å²) in [5.41, 5.74) is -0.162. The van der Waals surface area contributed by atoms with Gasteiger partial charge in [0.05, 0.1) is 22.7 Å². The Morgan fingerprint density at radius 3 is 2.64 bits per heavy atom. The number of amides is 1. The Labute approximate surface area is 143 Å². The van der Waals surface area contributed by atoms with Gasteiger partial charge >= 0.3 is 6.36 Å². The van der Waals surface area contributed by atoms with Crippen molar-refractivity contribution in [2.75, 3.05) is 5.32 Å². The van der Waals surface area contributed by atoms with Gasteiger partial charge < -0.3 is 10.1 Å². The van der Waals surface area contributed by atoms with E-state index in [0.29, 0.717) is 0 Å². The maximum absolute atomic E-state index is 14.2. The number of halogens is 5. The highest BCUT2D eigenvalue weighted by molar-refractivity contribution is 6.35. The van der Waals surface area contributed by atoms with E-state index in [-0.39, 0.29) is 39.4 Å². The normalized spacial score (nSPS) is 13.2. The molecule has 3 rings (SSSR count). The van der Waals surface area contributed by atoms with Gasteiger partial charge in [-0.25, -0.2) is 4.39 Å². The average molecular weight is 371 g/mol. The molecule has 0 fully saturated rings. The van der Waals surface area contributed by atoms with Crippen molar-refractivity contribution in [3.8, 4) is 22.9 Å². The van der Waals surface area contributed by atoms with Gasteiger partial charge in [0.2, 0.25) is 5.91 Å². The molecule has 0 radical (unpaired) electrons. The molecule has 4 nitrogen and oxygen atoms in total. The van der Waals surface area contributed by atoms with Crippen LogP contribution < -0.4 is 10.1 Å². The lowest BCUT2D eigenvalue weighted by molar-refractivity contribution is -0.274. The van der Waals surface area contributed by atoms with E-state index in [1.165, 1.54) is 6.07 Å². The zero-order chi connectivity index (χ0) is 18.4. The topological polar surface area (TPSA) is 62.1 Å². The van der Waals surface area contributed by atoms with Crippen molar-refractivity contribution >= 4 is 23.2 Å². The standard InChI is InChI=1S/C16H7ClF4N2O2/c17-14-7(6-22)1-2-11(25-16(19,20)21)13(14)8-3-9-5-12(24)23-15(9)10(18)4-8/h1-4H,5H2,(H,23,24). The molecule has 25 heavy (non-hydrogen) atoms. The Bertz CT molecular complexity index is 935. The minimum atomic E-state index is -5.00. The summed E-state index contributed by atoms with van der Waals surface area (Å²) in [7, 11) is 0. The third kappa shape index (κ3) is 3.23. The predicted molar refractivity (Wildman–Crippen MR) is 80.6 cm³/mol. The first-order valence-electron chi connectivity index (χ1n) is 6.80. The molecular formula is C16H7ClF4N2O2. The van der Waals surface area contributed by atoms with E-state index in [1.807, 2.05) is 0 Å². The Kier molecular flexibility index (Phi) is 4.05. The van der Waals surface area contributed by atoms with Crippen molar-refractivity contribution in [1.29, 1.82) is 5.26 Å². The summed E-state index contributed by atoms with van der Waals surface area (Å²) in [6.07, 6.45) is -5.12. The number of carbonyl (C=O) groups is 1. The lowest BCUT2D eigenvalue weighted by Crippen LogP contribution is -2.17. The van der Waals surface area contributed by atoms with E-state index in [0.717, 1.165) is 18.2 Å². The van der Waals surface area contributed by atoms with Gasteiger partial charge in [-0.15, -0.1) is 13.2 Å². The van der Waals surface area contributed by atoms with Crippen molar-refractivity contribution in [3.63, 3.8) is 0 Å². The number of rotatable bonds is 2. The number of ether oxygens (including phenoxy) is 1. The first-order chi connectivity index (χ1) is 11.7. The lowest BCUT2D eigenvalue weighted by atomic mass is 9.98. The zero-order valence-electron chi connectivity index (χ0n) is 12.2. The van der Waals surface area contributed by atoms with Gasteiger partial charge in [0.25, 0.3) is 0 Å². The highest BCUT2D eigenvalue weighted by Gasteiger charge is 2.33. The summed E-state index contributed by atoms with van der Waals surface area (Å²) in [6.45, 7) is 0. The number of carbonyl (C=O) groups excluding carboxylic acids is 1. The maximum atomic E-state index is 14.2. The summed E-state index contributed by atoms with van der Waals surface area (Å²) in [4.78, 5) is 11.4. The molecule has 0 bridgehead atoms. The average Bonchev–Trinajstić information content (AvgIpc) is 2.87. The summed E-state index contributed by atoms with van der Waals surface area (Å²) in [6, 6.07) is 6.01. The molecule has 0 aromatic heterocycles. The molecule has 1 heterocycles. The first-order valence-corrected chi connectivity index (χ1v) is 7.18. The number of nitrogens with zero attached hydrogens (tertiary/aromatic N) is 1. The third-order valence-electron chi connectivity index (χ3n) is 3.53. The molecular weight excluding hydrogens is 364 g/mol. The van der Waals surface area contributed by atoms with Gasteiger partial charge in [0, 0.05) is 5.56 Å². The number of alkyl halides is 3. The fourth-order valence-corrected chi connectivity index (χ4v) is 2.87. The van der Waals surface area contributed by atoms with Crippen LogP contribution in [0.1, 0.15) is 11.1 Å². The van der Waals surface area contributed by atoms with Gasteiger partial charge in [0.15, 0.2) is 0 Å². The Morgan fingerprint density at radius 1 is 1.28 bits per heavy atom. The van der Waals surface area contributed by atoms with Crippen LogP contribution in [0.4, 0.5) is 23.2 Å². The van der Waals surface area contributed by atoms with Crippen LogP contribution >= 0.6 is 11.6 Å². The smallest absolute Gasteiger partial charge is 0.405 e. The molecule has 0 saturated heterocycles. The number of hydrogen-bond acceptors (Lipinski definition) is 3. The summed E-state index contributed by atoms with van der Waals surface area (Å²) in [5, 5.41) is 11.1. The summed E-state index contributed by atoms with van der Waals surface area (Å²) in [5.74, 6) is -1.93. The van der Waals surface area contributed by atoms with Crippen LogP contribution in [0.3, 0.4) is 0 Å². The van der Waals surface area contributed by atoms with Crippen molar-refractivity contribution in [3.05, 3.63) is 46.2 Å². The molecule has 0 aliphatic carbocycles. The lowest BCUT2D eigenvalue weighted by Gasteiger charge is -2.16. The largest absolute Gasteiger partial charge is 0.573 e. The molecule has 128 valence electrons. The van der Waals surface area contributed by atoms with Crippen LogP contribution in [0.2, 0.25) is 5.02 Å². The van der Waals surface area contributed by atoms with E-state index >= 15 is 0 Å². The predicted octanol–water partition coefficient (Wildman–Crippen LogP) is 4.41. The number of fused-ring (bicyclic) bond motifs is 1. The van der Waals surface area contributed by atoms with Crippen molar-refractivity contribution in [1.82, 2.24) is 0 Å². The van der Waals surface area contributed by atoms with Crippen LogP contribution in [0.25, 0.3) is 11.1 Å². The molecule has 1 N–H and O–H groups in total. The number of hydrogen-bond donors (Lipinski definition) is 1.